The number of nitrogens with zero attached hydrogens (tertiary/aromatic N) is 3. The van der Waals surface area contributed by atoms with Crippen LogP contribution in [0.3, 0.4) is 0 Å². The standard InChI is InChI=1S/C20H28N4O3S/c1-22(2)28(26,27)24(4)19-13-11-17(12-14-19)20(25)21-15-8-16-23(3)18-9-6-5-7-10-18/h5-7,9-14H,8,15-16H2,1-4H3,(H,21,25). The molecule has 0 radical (unpaired) electrons. The number of nitrogens with one attached hydrogen (secondary N) is 1. The quantitative estimate of drug-likeness (QED) is 0.650. The Hall–Kier alpha value is -2.58. The molecule has 0 bridgehead atoms. The number of hydrogen-bond acceptors (Lipinski definition) is 4. The average molecular weight is 405 g/mol. The molecule has 0 saturated carbocycles. The van der Waals surface area contributed by atoms with Crippen LogP contribution in [0.1, 0.15) is 16.8 Å². The maximum atomic E-state index is 12.3. The molecular weight excluding hydrogens is 376 g/mol. The Balaban J connectivity index is 1.85. The highest BCUT2D eigenvalue weighted by atomic mass is 32.2. The highest BCUT2D eigenvalue weighted by molar-refractivity contribution is 7.90. The molecule has 0 aliphatic rings. The molecule has 2 rings (SSSR count). The SMILES string of the molecule is CN(CCCNC(=O)c1ccc(N(C)S(=O)(=O)N(C)C)cc1)c1ccccc1. The number of carbonyl (C=O) groups is 1. The van der Waals surface area contributed by atoms with Gasteiger partial charge in [-0.1, -0.05) is 18.2 Å². The van der Waals surface area contributed by atoms with Crippen molar-refractivity contribution < 1.29 is 13.2 Å². The smallest absolute Gasteiger partial charge is 0.303 e. The second-order valence-corrected chi connectivity index (χ2v) is 8.84. The van der Waals surface area contributed by atoms with Gasteiger partial charge in [0.15, 0.2) is 0 Å². The topological polar surface area (TPSA) is 73.0 Å². The summed E-state index contributed by atoms with van der Waals surface area (Å²) >= 11 is 0. The highest BCUT2D eigenvalue weighted by Crippen LogP contribution is 2.18. The predicted octanol–water partition coefficient (Wildman–Crippen LogP) is 2.19. The molecule has 0 aliphatic carbocycles. The Labute approximate surface area is 167 Å². The maximum absolute atomic E-state index is 12.3. The molecular formula is C20H28N4O3S. The Morgan fingerprint density at radius 1 is 0.893 bits per heavy atom. The summed E-state index contributed by atoms with van der Waals surface area (Å²) in [6.45, 7) is 1.39. The minimum absolute atomic E-state index is 0.174. The van der Waals surface area contributed by atoms with Crippen molar-refractivity contribution in [2.45, 2.75) is 6.42 Å². The molecule has 152 valence electrons. The zero-order valence-corrected chi connectivity index (χ0v) is 17.6. The van der Waals surface area contributed by atoms with Crippen LogP contribution in [0.5, 0.6) is 0 Å². The van der Waals surface area contributed by atoms with E-state index in [9.17, 15) is 13.2 Å². The van der Waals surface area contributed by atoms with E-state index in [4.69, 9.17) is 0 Å². The van der Waals surface area contributed by atoms with E-state index in [0.29, 0.717) is 17.8 Å². The minimum Gasteiger partial charge on any atom is -0.375 e. The monoisotopic (exact) mass is 404 g/mol. The van der Waals surface area contributed by atoms with Gasteiger partial charge in [-0.2, -0.15) is 12.7 Å². The van der Waals surface area contributed by atoms with Crippen LogP contribution in [-0.4, -0.2) is 59.9 Å². The van der Waals surface area contributed by atoms with Gasteiger partial charge in [0.1, 0.15) is 0 Å². The molecule has 28 heavy (non-hydrogen) atoms. The lowest BCUT2D eigenvalue weighted by Gasteiger charge is -2.23. The summed E-state index contributed by atoms with van der Waals surface area (Å²) in [6.07, 6.45) is 0.818. The molecule has 2 aromatic carbocycles. The van der Waals surface area contributed by atoms with Crippen molar-refractivity contribution >= 4 is 27.5 Å². The van der Waals surface area contributed by atoms with E-state index >= 15 is 0 Å². The van der Waals surface area contributed by atoms with Crippen LogP contribution in [0, 0.1) is 0 Å². The molecule has 8 heteroatoms. The predicted molar refractivity (Wildman–Crippen MR) is 114 cm³/mol. The van der Waals surface area contributed by atoms with Crippen LogP contribution in [0.25, 0.3) is 0 Å². The fraction of sp³-hybridized carbons (Fsp3) is 0.350. The van der Waals surface area contributed by atoms with Crippen molar-refractivity contribution in [1.29, 1.82) is 0 Å². The summed E-state index contributed by atoms with van der Waals surface area (Å²) in [5, 5.41) is 2.90. The Morgan fingerprint density at radius 3 is 2.07 bits per heavy atom. The lowest BCUT2D eigenvalue weighted by molar-refractivity contribution is 0.0953. The van der Waals surface area contributed by atoms with Crippen LogP contribution < -0.4 is 14.5 Å². The highest BCUT2D eigenvalue weighted by Gasteiger charge is 2.21. The first-order chi connectivity index (χ1) is 13.2. The summed E-state index contributed by atoms with van der Waals surface area (Å²) in [7, 11) is 2.90. The molecule has 0 unspecified atom stereocenters. The van der Waals surface area contributed by atoms with E-state index in [1.807, 2.05) is 37.4 Å². The van der Waals surface area contributed by atoms with Gasteiger partial charge in [0, 0.05) is 52.5 Å². The van der Waals surface area contributed by atoms with E-state index in [2.05, 4.69) is 10.2 Å². The summed E-state index contributed by atoms with van der Waals surface area (Å²) in [6, 6.07) is 16.6. The largest absolute Gasteiger partial charge is 0.375 e. The normalized spacial score (nSPS) is 11.3. The molecule has 0 aromatic heterocycles. The number of para-hydroxylation sites is 1. The van der Waals surface area contributed by atoms with E-state index in [1.54, 1.807) is 24.3 Å². The van der Waals surface area contributed by atoms with Crippen LogP contribution in [0.15, 0.2) is 54.6 Å². The number of carbonyl (C=O) groups excluding carboxylic acids is 1. The Morgan fingerprint density at radius 2 is 1.50 bits per heavy atom. The van der Waals surface area contributed by atoms with E-state index in [-0.39, 0.29) is 5.91 Å². The Kier molecular flexibility index (Phi) is 7.42. The number of rotatable bonds is 9. The van der Waals surface area contributed by atoms with Crippen molar-refractivity contribution in [3.8, 4) is 0 Å². The first-order valence-corrected chi connectivity index (χ1v) is 10.4. The third-order valence-corrected chi connectivity index (χ3v) is 6.28. The van der Waals surface area contributed by atoms with Gasteiger partial charge >= 0.3 is 10.2 Å². The van der Waals surface area contributed by atoms with Gasteiger partial charge in [-0.15, -0.1) is 0 Å². The van der Waals surface area contributed by atoms with E-state index < -0.39 is 10.2 Å². The van der Waals surface area contributed by atoms with E-state index in [1.165, 1.54) is 25.4 Å². The van der Waals surface area contributed by atoms with Gasteiger partial charge < -0.3 is 10.2 Å². The number of hydrogen-bond donors (Lipinski definition) is 1. The van der Waals surface area contributed by atoms with Crippen molar-refractivity contribution in [3.63, 3.8) is 0 Å². The molecule has 7 nitrogen and oxygen atoms in total. The molecule has 1 N–H and O–H groups in total. The van der Waals surface area contributed by atoms with Gasteiger partial charge in [0.2, 0.25) is 0 Å². The summed E-state index contributed by atoms with van der Waals surface area (Å²) in [5.74, 6) is -0.174. The van der Waals surface area contributed by atoms with Crippen LogP contribution in [0.2, 0.25) is 0 Å². The van der Waals surface area contributed by atoms with Gasteiger partial charge in [0.05, 0.1) is 5.69 Å². The number of amides is 1. The lowest BCUT2D eigenvalue weighted by atomic mass is 10.2. The van der Waals surface area contributed by atoms with Crippen LogP contribution >= 0.6 is 0 Å². The molecule has 0 atom stereocenters. The average Bonchev–Trinajstić information content (AvgIpc) is 2.70. The fourth-order valence-corrected chi connectivity index (χ4v) is 3.51. The van der Waals surface area contributed by atoms with Gasteiger partial charge in [0.25, 0.3) is 5.91 Å². The van der Waals surface area contributed by atoms with Crippen molar-refractivity contribution in [2.24, 2.45) is 0 Å². The van der Waals surface area contributed by atoms with Gasteiger partial charge in [-0.25, -0.2) is 0 Å². The zero-order valence-electron chi connectivity index (χ0n) is 16.8. The molecule has 2 aromatic rings. The van der Waals surface area contributed by atoms with E-state index in [0.717, 1.165) is 23.0 Å². The number of anilines is 2. The molecule has 0 heterocycles. The van der Waals surface area contributed by atoms with Crippen LogP contribution in [-0.2, 0) is 10.2 Å². The molecule has 1 amide bonds. The maximum Gasteiger partial charge on any atom is 0.303 e. The minimum atomic E-state index is -3.55. The first kappa shape index (κ1) is 21.7. The molecule has 0 spiro atoms. The van der Waals surface area contributed by atoms with Crippen molar-refractivity contribution in [3.05, 3.63) is 60.2 Å². The molecule has 0 saturated heterocycles. The first-order valence-electron chi connectivity index (χ1n) is 9.04. The Bertz CT molecular complexity index is 868. The molecule has 0 fully saturated rings. The van der Waals surface area contributed by atoms with Crippen molar-refractivity contribution in [1.82, 2.24) is 9.62 Å². The zero-order chi connectivity index (χ0) is 20.7. The van der Waals surface area contributed by atoms with Crippen molar-refractivity contribution in [2.75, 3.05) is 50.5 Å². The summed E-state index contributed by atoms with van der Waals surface area (Å²) < 4.78 is 26.6. The lowest BCUT2D eigenvalue weighted by Crippen LogP contribution is -2.37. The van der Waals surface area contributed by atoms with Crippen LogP contribution in [0.4, 0.5) is 11.4 Å². The van der Waals surface area contributed by atoms with Gasteiger partial charge in [-0.3, -0.25) is 9.10 Å². The second-order valence-electron chi connectivity index (χ2n) is 6.67. The fourth-order valence-electron chi connectivity index (χ4n) is 2.63. The second kappa shape index (κ2) is 9.57. The molecule has 0 aliphatic heterocycles. The number of benzene rings is 2. The third kappa shape index (κ3) is 5.46. The third-order valence-electron chi connectivity index (χ3n) is 4.45. The summed E-state index contributed by atoms with van der Waals surface area (Å²) in [4.78, 5) is 14.4. The van der Waals surface area contributed by atoms with Gasteiger partial charge in [-0.05, 0) is 42.8 Å². The summed E-state index contributed by atoms with van der Waals surface area (Å²) in [5.41, 5.74) is 2.13.